The molecule has 190 valence electrons. The number of hydrogen-bond donors (Lipinski definition) is 3. The molecule has 1 aliphatic heterocycles. The molecule has 1 aliphatic carbocycles. The monoisotopic (exact) mass is 525 g/mol. The number of pyridine rings is 1. The Kier molecular flexibility index (Phi) is 6.04. The Hall–Kier alpha value is -4.64. The van der Waals surface area contributed by atoms with Gasteiger partial charge in [0.2, 0.25) is 5.91 Å². The van der Waals surface area contributed by atoms with Gasteiger partial charge in [-0.25, -0.2) is 9.78 Å². The molecule has 3 N–H and O–H groups in total. The van der Waals surface area contributed by atoms with E-state index in [4.69, 9.17) is 0 Å². The molecule has 2 unspecified atom stereocenters. The quantitative estimate of drug-likeness (QED) is 0.320. The van der Waals surface area contributed by atoms with E-state index in [0.29, 0.717) is 37.8 Å². The fraction of sp³-hybridized carbons (Fsp3) is 0.185. The molecular formula is C27H23N7O3S. The van der Waals surface area contributed by atoms with Crippen molar-refractivity contribution in [2.75, 3.05) is 10.2 Å². The van der Waals surface area contributed by atoms with E-state index in [2.05, 4.69) is 37.7 Å². The molecule has 2 atom stereocenters. The second kappa shape index (κ2) is 9.67. The van der Waals surface area contributed by atoms with Gasteiger partial charge >= 0.3 is 6.03 Å². The standard InChI is InChI=1S/C27H23N7O3S/c1-2-21(35)30-17-9-6-10-18(17)31-25(36)24-23-22-20(11-12-28-26(22)38-24)34(27(37)32-23)16-13-19(33-29-14-16)15-7-4-3-5-8-15/h2-5,7-8,11-14,17-18H,1,6,9-10H2,(H,30,35)(H,31,36)(H,32,37). The Bertz CT molecular complexity index is 1590. The van der Waals surface area contributed by atoms with Gasteiger partial charge in [-0.15, -0.1) is 11.3 Å². The van der Waals surface area contributed by atoms with Crippen LogP contribution in [0.15, 0.2) is 67.5 Å². The van der Waals surface area contributed by atoms with Gasteiger partial charge in [0.1, 0.15) is 9.71 Å². The topological polar surface area (TPSA) is 129 Å². The van der Waals surface area contributed by atoms with Crippen molar-refractivity contribution in [1.82, 2.24) is 25.8 Å². The van der Waals surface area contributed by atoms with Crippen molar-refractivity contribution in [1.29, 1.82) is 0 Å². The number of nitrogens with one attached hydrogen (secondary N) is 3. The largest absolute Gasteiger partial charge is 0.348 e. The van der Waals surface area contributed by atoms with Gasteiger partial charge in [0.05, 0.1) is 34.3 Å². The summed E-state index contributed by atoms with van der Waals surface area (Å²) >= 11 is 1.22. The molecule has 0 bridgehead atoms. The number of aromatic nitrogens is 3. The molecule has 6 rings (SSSR count). The molecule has 0 radical (unpaired) electrons. The smallest absolute Gasteiger partial charge is 0.331 e. The third kappa shape index (κ3) is 4.16. The van der Waals surface area contributed by atoms with Crippen LogP contribution in [-0.2, 0) is 4.79 Å². The highest BCUT2D eigenvalue weighted by Crippen LogP contribution is 2.45. The van der Waals surface area contributed by atoms with Crippen LogP contribution >= 0.6 is 11.3 Å². The normalized spacial score (nSPS) is 18.2. The lowest BCUT2D eigenvalue weighted by atomic mass is 10.1. The molecule has 2 aliphatic rings. The van der Waals surface area contributed by atoms with Gasteiger partial charge in [-0.1, -0.05) is 36.9 Å². The SMILES string of the molecule is C=CC(=O)NC1CCCC1NC(=O)c1sc2nccc3c2c1NC(=O)N3c1cnnc(-c2ccccc2)c1. The van der Waals surface area contributed by atoms with E-state index >= 15 is 0 Å². The van der Waals surface area contributed by atoms with E-state index in [0.717, 1.165) is 24.8 Å². The summed E-state index contributed by atoms with van der Waals surface area (Å²) in [6, 6.07) is 12.3. The van der Waals surface area contributed by atoms with Gasteiger partial charge in [-0.2, -0.15) is 10.2 Å². The van der Waals surface area contributed by atoms with Gasteiger partial charge in [-0.05, 0) is 37.5 Å². The maximum atomic E-state index is 13.4. The van der Waals surface area contributed by atoms with Crippen molar-refractivity contribution in [2.24, 2.45) is 0 Å². The van der Waals surface area contributed by atoms with Crippen LogP contribution in [0.2, 0.25) is 0 Å². The third-order valence-electron chi connectivity index (χ3n) is 6.77. The zero-order valence-corrected chi connectivity index (χ0v) is 21.0. The summed E-state index contributed by atoms with van der Waals surface area (Å²) in [5.41, 5.74) is 3.09. The van der Waals surface area contributed by atoms with Crippen LogP contribution in [-0.4, -0.2) is 45.1 Å². The lowest BCUT2D eigenvalue weighted by Gasteiger charge is -2.28. The van der Waals surface area contributed by atoms with Crippen molar-refractivity contribution < 1.29 is 14.4 Å². The molecular weight excluding hydrogens is 502 g/mol. The first-order valence-corrected chi connectivity index (χ1v) is 13.0. The third-order valence-corrected chi connectivity index (χ3v) is 7.86. The Morgan fingerprint density at radius 3 is 2.71 bits per heavy atom. The molecule has 11 heteroatoms. The number of urea groups is 1. The van der Waals surface area contributed by atoms with Crippen LogP contribution in [0.1, 0.15) is 28.9 Å². The number of hydrogen-bond acceptors (Lipinski definition) is 7. The van der Waals surface area contributed by atoms with E-state index < -0.39 is 6.03 Å². The van der Waals surface area contributed by atoms with Gasteiger partial charge in [0, 0.05) is 23.8 Å². The number of nitrogens with zero attached hydrogens (tertiary/aromatic N) is 4. The first-order chi connectivity index (χ1) is 18.5. The fourth-order valence-electron chi connectivity index (χ4n) is 5.01. The van der Waals surface area contributed by atoms with Gasteiger partial charge in [0.15, 0.2) is 0 Å². The summed E-state index contributed by atoms with van der Waals surface area (Å²) in [7, 11) is 0. The van der Waals surface area contributed by atoms with Crippen LogP contribution in [0, 0.1) is 0 Å². The molecule has 3 aromatic heterocycles. The van der Waals surface area contributed by atoms with Crippen molar-refractivity contribution >= 4 is 56.5 Å². The summed E-state index contributed by atoms with van der Waals surface area (Å²) < 4.78 is 0. The number of thiophene rings is 1. The molecule has 0 saturated heterocycles. The van der Waals surface area contributed by atoms with Crippen molar-refractivity contribution in [2.45, 2.75) is 31.3 Å². The van der Waals surface area contributed by atoms with E-state index in [-0.39, 0.29) is 23.9 Å². The first-order valence-electron chi connectivity index (χ1n) is 12.2. The van der Waals surface area contributed by atoms with Gasteiger partial charge in [0.25, 0.3) is 5.91 Å². The fourth-order valence-corrected chi connectivity index (χ4v) is 6.03. The highest BCUT2D eigenvalue weighted by atomic mass is 32.1. The average Bonchev–Trinajstić information content (AvgIpc) is 3.54. The molecule has 1 aromatic carbocycles. The number of amides is 4. The molecule has 4 heterocycles. The average molecular weight is 526 g/mol. The number of carbonyl (C=O) groups excluding carboxylic acids is 3. The molecule has 1 saturated carbocycles. The highest BCUT2D eigenvalue weighted by Gasteiger charge is 2.35. The zero-order valence-electron chi connectivity index (χ0n) is 20.2. The predicted molar refractivity (Wildman–Crippen MR) is 145 cm³/mol. The Morgan fingerprint density at radius 2 is 1.92 bits per heavy atom. The van der Waals surface area contributed by atoms with Crippen LogP contribution < -0.4 is 20.9 Å². The lowest BCUT2D eigenvalue weighted by molar-refractivity contribution is -0.117. The van der Waals surface area contributed by atoms with E-state index in [1.807, 2.05) is 30.3 Å². The van der Waals surface area contributed by atoms with Gasteiger partial charge in [-0.3, -0.25) is 14.5 Å². The van der Waals surface area contributed by atoms with E-state index in [1.54, 1.807) is 18.3 Å². The number of rotatable bonds is 6. The number of carbonyl (C=O) groups is 3. The minimum Gasteiger partial charge on any atom is -0.348 e. The van der Waals surface area contributed by atoms with Gasteiger partial charge < -0.3 is 16.0 Å². The minimum absolute atomic E-state index is 0.174. The predicted octanol–water partition coefficient (Wildman–Crippen LogP) is 4.39. The second-order valence-electron chi connectivity index (χ2n) is 9.08. The summed E-state index contributed by atoms with van der Waals surface area (Å²) in [6.07, 6.45) is 6.77. The van der Waals surface area contributed by atoms with E-state index in [1.165, 1.54) is 28.5 Å². The summed E-state index contributed by atoms with van der Waals surface area (Å²) in [5, 5.41) is 17.9. The Morgan fingerprint density at radius 1 is 1.13 bits per heavy atom. The maximum Gasteiger partial charge on any atom is 0.331 e. The molecule has 38 heavy (non-hydrogen) atoms. The van der Waals surface area contributed by atoms with Crippen LogP contribution in [0.5, 0.6) is 0 Å². The zero-order chi connectivity index (χ0) is 26.2. The maximum absolute atomic E-state index is 13.4. The van der Waals surface area contributed by atoms with Crippen molar-refractivity contribution in [3.8, 4) is 11.3 Å². The van der Waals surface area contributed by atoms with Crippen LogP contribution in [0.3, 0.4) is 0 Å². The van der Waals surface area contributed by atoms with Crippen LogP contribution in [0.4, 0.5) is 21.9 Å². The van der Waals surface area contributed by atoms with Crippen LogP contribution in [0.25, 0.3) is 21.5 Å². The molecule has 10 nitrogen and oxygen atoms in total. The Balaban J connectivity index is 1.34. The molecule has 4 aromatic rings. The summed E-state index contributed by atoms with van der Waals surface area (Å²) in [6.45, 7) is 3.50. The van der Waals surface area contributed by atoms with Crippen molar-refractivity contribution in [3.05, 3.63) is 72.4 Å². The number of anilines is 3. The molecule has 1 fully saturated rings. The lowest BCUT2D eigenvalue weighted by Crippen LogP contribution is -2.48. The number of benzene rings is 1. The highest BCUT2D eigenvalue weighted by molar-refractivity contribution is 7.21. The second-order valence-corrected chi connectivity index (χ2v) is 10.1. The first kappa shape index (κ1) is 23.7. The molecule has 0 spiro atoms. The summed E-state index contributed by atoms with van der Waals surface area (Å²) in [5.74, 6) is -0.584. The molecule has 4 amide bonds. The van der Waals surface area contributed by atoms with Crippen molar-refractivity contribution in [3.63, 3.8) is 0 Å². The summed E-state index contributed by atoms with van der Waals surface area (Å²) in [4.78, 5) is 45.6. The van der Waals surface area contributed by atoms with E-state index in [9.17, 15) is 14.4 Å². The minimum atomic E-state index is -0.415. The Labute approximate surface area is 221 Å².